The fourth-order valence-electron chi connectivity index (χ4n) is 1.54. The van der Waals surface area contributed by atoms with Gasteiger partial charge in [0.15, 0.2) is 0 Å². The molecule has 0 saturated carbocycles. The van der Waals surface area contributed by atoms with Crippen LogP contribution in [0.15, 0.2) is 24.3 Å². The third kappa shape index (κ3) is 2.54. The zero-order valence-electron chi connectivity index (χ0n) is 10.1. The van der Waals surface area contributed by atoms with Crippen molar-refractivity contribution < 1.29 is 9.90 Å². The predicted octanol–water partition coefficient (Wildman–Crippen LogP) is 2.91. The van der Waals surface area contributed by atoms with Crippen molar-refractivity contribution in [3.8, 4) is 0 Å². The van der Waals surface area contributed by atoms with Crippen LogP contribution in [0.25, 0.3) is 0 Å². The molecule has 1 aromatic rings. The fourth-order valence-corrected chi connectivity index (χ4v) is 1.54. The van der Waals surface area contributed by atoms with Gasteiger partial charge in [-0.05, 0) is 31.4 Å². The molecule has 0 bridgehead atoms. The average molecular weight is 221 g/mol. The smallest absolute Gasteiger partial charge is 0.329 e. The summed E-state index contributed by atoms with van der Waals surface area (Å²) in [6.45, 7) is 5.64. The summed E-state index contributed by atoms with van der Waals surface area (Å²) < 4.78 is 0. The lowest BCUT2D eigenvalue weighted by Crippen LogP contribution is -2.42. The third-order valence-electron chi connectivity index (χ3n) is 2.99. The number of carboxylic acids is 1. The molecule has 1 rings (SSSR count). The Bertz CT molecular complexity index is 376. The van der Waals surface area contributed by atoms with E-state index in [2.05, 4.69) is 12.2 Å². The van der Waals surface area contributed by atoms with E-state index < -0.39 is 11.5 Å². The van der Waals surface area contributed by atoms with Gasteiger partial charge in [-0.15, -0.1) is 0 Å². The standard InChI is InChI=1S/C13H19NO2/c1-4-10-8-6-7-9-11(10)14-13(3,5-2)12(15)16/h6-9,14H,4-5H2,1-3H3,(H,15,16). The molecular formula is C13H19NO2. The average Bonchev–Trinajstić information content (AvgIpc) is 2.29. The molecule has 0 fully saturated rings. The van der Waals surface area contributed by atoms with Gasteiger partial charge in [0.05, 0.1) is 0 Å². The first-order valence-corrected chi connectivity index (χ1v) is 5.63. The van der Waals surface area contributed by atoms with Crippen LogP contribution >= 0.6 is 0 Å². The van der Waals surface area contributed by atoms with Crippen molar-refractivity contribution in [1.29, 1.82) is 0 Å². The van der Waals surface area contributed by atoms with Crippen molar-refractivity contribution in [3.05, 3.63) is 29.8 Å². The van der Waals surface area contributed by atoms with E-state index in [9.17, 15) is 9.90 Å². The number of carbonyl (C=O) groups is 1. The molecule has 0 radical (unpaired) electrons. The number of nitrogens with one attached hydrogen (secondary N) is 1. The molecular weight excluding hydrogens is 202 g/mol. The number of carboxylic acid groups (broad SMARTS) is 1. The van der Waals surface area contributed by atoms with Gasteiger partial charge in [0.25, 0.3) is 0 Å². The van der Waals surface area contributed by atoms with Crippen molar-refractivity contribution in [2.75, 3.05) is 5.32 Å². The van der Waals surface area contributed by atoms with Gasteiger partial charge < -0.3 is 10.4 Å². The maximum Gasteiger partial charge on any atom is 0.329 e. The van der Waals surface area contributed by atoms with E-state index in [1.807, 2.05) is 31.2 Å². The van der Waals surface area contributed by atoms with Crippen LogP contribution in [-0.4, -0.2) is 16.6 Å². The maximum absolute atomic E-state index is 11.2. The number of para-hydroxylation sites is 1. The Morgan fingerprint density at radius 2 is 2.00 bits per heavy atom. The minimum absolute atomic E-state index is 0.542. The molecule has 0 heterocycles. The van der Waals surface area contributed by atoms with Gasteiger partial charge >= 0.3 is 5.97 Å². The van der Waals surface area contributed by atoms with Crippen molar-refractivity contribution in [1.82, 2.24) is 0 Å². The highest BCUT2D eigenvalue weighted by molar-refractivity contribution is 5.82. The van der Waals surface area contributed by atoms with Gasteiger partial charge in [-0.1, -0.05) is 32.0 Å². The molecule has 1 aromatic carbocycles. The first-order chi connectivity index (χ1) is 7.53. The van der Waals surface area contributed by atoms with E-state index in [4.69, 9.17) is 0 Å². The first kappa shape index (κ1) is 12.6. The van der Waals surface area contributed by atoms with E-state index in [0.29, 0.717) is 6.42 Å². The second-order valence-electron chi connectivity index (χ2n) is 4.13. The summed E-state index contributed by atoms with van der Waals surface area (Å²) in [5.74, 6) is -0.819. The molecule has 3 heteroatoms. The van der Waals surface area contributed by atoms with Crippen LogP contribution in [0.4, 0.5) is 5.69 Å². The second kappa shape index (κ2) is 5.01. The Morgan fingerprint density at radius 1 is 1.38 bits per heavy atom. The summed E-state index contributed by atoms with van der Waals surface area (Å²) in [4.78, 5) is 11.2. The van der Waals surface area contributed by atoms with Gasteiger partial charge in [-0.25, -0.2) is 4.79 Å². The number of hydrogen-bond donors (Lipinski definition) is 2. The van der Waals surface area contributed by atoms with Gasteiger partial charge in [-0.2, -0.15) is 0 Å². The summed E-state index contributed by atoms with van der Waals surface area (Å²) in [6, 6.07) is 7.82. The summed E-state index contributed by atoms with van der Waals surface area (Å²) in [5, 5.41) is 12.3. The van der Waals surface area contributed by atoms with Gasteiger partial charge in [-0.3, -0.25) is 0 Å². The molecule has 0 aliphatic heterocycles. The van der Waals surface area contributed by atoms with Crippen molar-refractivity contribution >= 4 is 11.7 Å². The van der Waals surface area contributed by atoms with Gasteiger partial charge in [0.2, 0.25) is 0 Å². The number of anilines is 1. The molecule has 1 atom stereocenters. The Hall–Kier alpha value is -1.51. The molecule has 0 spiro atoms. The van der Waals surface area contributed by atoms with Gasteiger partial charge in [0.1, 0.15) is 5.54 Å². The van der Waals surface area contributed by atoms with Crippen molar-refractivity contribution in [2.45, 2.75) is 39.2 Å². The molecule has 0 aliphatic carbocycles. The monoisotopic (exact) mass is 221 g/mol. The van der Waals surface area contributed by atoms with Crippen LogP contribution in [0.5, 0.6) is 0 Å². The first-order valence-electron chi connectivity index (χ1n) is 5.63. The van der Waals surface area contributed by atoms with Crippen LogP contribution < -0.4 is 5.32 Å². The van der Waals surface area contributed by atoms with Crippen LogP contribution in [0.1, 0.15) is 32.8 Å². The molecule has 3 nitrogen and oxygen atoms in total. The molecule has 1 unspecified atom stereocenters. The van der Waals surface area contributed by atoms with E-state index in [1.54, 1.807) is 6.92 Å². The van der Waals surface area contributed by atoms with Crippen LogP contribution in [-0.2, 0) is 11.2 Å². The summed E-state index contributed by atoms with van der Waals surface area (Å²) >= 11 is 0. The lowest BCUT2D eigenvalue weighted by molar-refractivity contribution is -0.141. The van der Waals surface area contributed by atoms with E-state index in [1.165, 1.54) is 0 Å². The summed E-state index contributed by atoms with van der Waals surface area (Å²) in [5.41, 5.74) is 1.16. The van der Waals surface area contributed by atoms with Crippen LogP contribution in [0, 0.1) is 0 Å². The van der Waals surface area contributed by atoms with E-state index in [-0.39, 0.29) is 0 Å². The normalized spacial score (nSPS) is 14.2. The molecule has 0 aliphatic rings. The SMILES string of the molecule is CCc1ccccc1NC(C)(CC)C(=O)O. The van der Waals surface area contributed by atoms with Gasteiger partial charge in [0, 0.05) is 5.69 Å². The van der Waals surface area contributed by atoms with Crippen LogP contribution in [0.3, 0.4) is 0 Å². The number of aryl methyl sites for hydroxylation is 1. The van der Waals surface area contributed by atoms with E-state index in [0.717, 1.165) is 17.7 Å². The molecule has 0 saturated heterocycles. The fraction of sp³-hybridized carbons (Fsp3) is 0.462. The molecule has 2 N–H and O–H groups in total. The minimum Gasteiger partial charge on any atom is -0.480 e. The largest absolute Gasteiger partial charge is 0.480 e. The minimum atomic E-state index is -0.898. The second-order valence-corrected chi connectivity index (χ2v) is 4.13. The highest BCUT2D eigenvalue weighted by atomic mass is 16.4. The number of hydrogen-bond acceptors (Lipinski definition) is 2. The maximum atomic E-state index is 11.2. The quantitative estimate of drug-likeness (QED) is 0.803. The third-order valence-corrected chi connectivity index (χ3v) is 2.99. The van der Waals surface area contributed by atoms with Crippen LogP contribution in [0.2, 0.25) is 0 Å². The molecule has 0 amide bonds. The molecule has 16 heavy (non-hydrogen) atoms. The zero-order chi connectivity index (χ0) is 12.2. The number of benzene rings is 1. The van der Waals surface area contributed by atoms with Crippen molar-refractivity contribution in [2.24, 2.45) is 0 Å². The topological polar surface area (TPSA) is 49.3 Å². The lowest BCUT2D eigenvalue weighted by Gasteiger charge is -2.27. The number of rotatable bonds is 5. The highest BCUT2D eigenvalue weighted by Crippen LogP contribution is 2.22. The Kier molecular flexibility index (Phi) is 3.93. The lowest BCUT2D eigenvalue weighted by atomic mass is 9.97. The Labute approximate surface area is 96.5 Å². The summed E-state index contributed by atoms with van der Waals surface area (Å²) in [6.07, 6.45) is 1.43. The predicted molar refractivity (Wildman–Crippen MR) is 65.8 cm³/mol. The zero-order valence-corrected chi connectivity index (χ0v) is 10.1. The highest BCUT2D eigenvalue weighted by Gasteiger charge is 2.31. The molecule has 0 aromatic heterocycles. The Balaban J connectivity index is 2.98. The molecule has 88 valence electrons. The Morgan fingerprint density at radius 3 is 2.50 bits per heavy atom. The van der Waals surface area contributed by atoms with E-state index >= 15 is 0 Å². The summed E-state index contributed by atoms with van der Waals surface area (Å²) in [7, 11) is 0. The number of aliphatic carboxylic acids is 1. The van der Waals surface area contributed by atoms with Crippen molar-refractivity contribution in [3.63, 3.8) is 0 Å².